The summed E-state index contributed by atoms with van der Waals surface area (Å²) in [6, 6.07) is 5.10. The maximum absolute atomic E-state index is 12.0. The molecule has 0 saturated heterocycles. The number of hydrogen-bond acceptors (Lipinski definition) is 4. The Morgan fingerprint density at radius 3 is 3.04 bits per heavy atom. The molecule has 2 aliphatic rings. The number of amides is 1. The molecule has 2 aromatic heterocycles. The van der Waals surface area contributed by atoms with E-state index in [9.17, 15) is 4.79 Å². The molecule has 1 saturated carbocycles. The molecule has 23 heavy (non-hydrogen) atoms. The highest BCUT2D eigenvalue weighted by atomic mass is 32.1. The van der Waals surface area contributed by atoms with Crippen LogP contribution in [0.4, 0.5) is 0 Å². The van der Waals surface area contributed by atoms with Crippen molar-refractivity contribution in [1.29, 1.82) is 0 Å². The molecule has 0 radical (unpaired) electrons. The first-order valence-electron chi connectivity index (χ1n) is 8.38. The number of rotatable bonds is 5. The van der Waals surface area contributed by atoms with Crippen LogP contribution in [-0.4, -0.2) is 39.7 Å². The molecule has 4 rings (SSSR count). The molecule has 0 aromatic carbocycles. The van der Waals surface area contributed by atoms with E-state index < -0.39 is 0 Å². The Hall–Kier alpha value is -1.66. The van der Waals surface area contributed by atoms with E-state index in [0.717, 1.165) is 31.1 Å². The number of aromatic nitrogens is 2. The summed E-state index contributed by atoms with van der Waals surface area (Å²) < 4.78 is 2.16. The second-order valence-corrected chi connectivity index (χ2v) is 7.27. The molecule has 5 nitrogen and oxygen atoms in total. The van der Waals surface area contributed by atoms with Gasteiger partial charge in [0.25, 0.3) is 5.91 Å². The van der Waals surface area contributed by atoms with Crippen LogP contribution in [0.15, 0.2) is 29.1 Å². The van der Waals surface area contributed by atoms with Crippen molar-refractivity contribution in [3.63, 3.8) is 0 Å². The molecule has 1 unspecified atom stereocenters. The van der Waals surface area contributed by atoms with Crippen molar-refractivity contribution in [1.82, 2.24) is 20.0 Å². The van der Waals surface area contributed by atoms with Crippen molar-refractivity contribution < 1.29 is 4.79 Å². The number of carbonyl (C=O) groups is 1. The van der Waals surface area contributed by atoms with Gasteiger partial charge in [0, 0.05) is 42.8 Å². The second kappa shape index (κ2) is 6.45. The molecule has 0 spiro atoms. The van der Waals surface area contributed by atoms with E-state index in [1.54, 1.807) is 11.3 Å². The van der Waals surface area contributed by atoms with Gasteiger partial charge in [0.15, 0.2) is 0 Å². The van der Waals surface area contributed by atoms with Crippen LogP contribution >= 0.6 is 11.3 Å². The normalized spacial score (nSPS) is 21.7. The van der Waals surface area contributed by atoms with Crippen LogP contribution < -0.4 is 5.32 Å². The van der Waals surface area contributed by atoms with Crippen LogP contribution in [0, 0.1) is 0 Å². The zero-order valence-electron chi connectivity index (χ0n) is 13.1. The monoisotopic (exact) mass is 330 g/mol. The van der Waals surface area contributed by atoms with Gasteiger partial charge in [-0.25, -0.2) is 0 Å². The number of nitrogens with zero attached hydrogens (tertiary/aromatic N) is 3. The summed E-state index contributed by atoms with van der Waals surface area (Å²) in [6.45, 7) is 2.76. The van der Waals surface area contributed by atoms with Crippen LogP contribution in [0.3, 0.4) is 0 Å². The van der Waals surface area contributed by atoms with Crippen molar-refractivity contribution in [2.45, 2.75) is 44.3 Å². The Morgan fingerprint density at radius 1 is 1.39 bits per heavy atom. The molecule has 1 N–H and O–H groups in total. The van der Waals surface area contributed by atoms with Gasteiger partial charge >= 0.3 is 0 Å². The topological polar surface area (TPSA) is 50.2 Å². The molecule has 122 valence electrons. The second-order valence-electron chi connectivity index (χ2n) is 6.49. The van der Waals surface area contributed by atoms with Gasteiger partial charge in [0.05, 0.1) is 11.7 Å². The number of hydrogen-bond donors (Lipinski definition) is 1. The van der Waals surface area contributed by atoms with Gasteiger partial charge in [-0.2, -0.15) is 16.4 Å². The minimum Gasteiger partial charge on any atom is -0.352 e. The van der Waals surface area contributed by atoms with Crippen molar-refractivity contribution in [2.24, 2.45) is 0 Å². The Kier molecular flexibility index (Phi) is 4.18. The highest BCUT2D eigenvalue weighted by molar-refractivity contribution is 7.08. The lowest BCUT2D eigenvalue weighted by Crippen LogP contribution is -2.47. The van der Waals surface area contributed by atoms with Crippen LogP contribution in [0.5, 0.6) is 0 Å². The van der Waals surface area contributed by atoms with E-state index in [-0.39, 0.29) is 5.91 Å². The van der Waals surface area contributed by atoms with Gasteiger partial charge in [-0.3, -0.25) is 14.4 Å². The SMILES string of the molecule is O=C(NCCC1CN(C2CCC2)Cc2ccnn21)c1ccsc1. The predicted molar refractivity (Wildman–Crippen MR) is 90.6 cm³/mol. The van der Waals surface area contributed by atoms with Crippen LogP contribution in [0.25, 0.3) is 0 Å². The van der Waals surface area contributed by atoms with Crippen LogP contribution in [-0.2, 0) is 6.54 Å². The first kappa shape index (κ1) is 14.9. The average molecular weight is 330 g/mol. The smallest absolute Gasteiger partial charge is 0.252 e. The summed E-state index contributed by atoms with van der Waals surface area (Å²) in [4.78, 5) is 14.6. The maximum atomic E-state index is 12.0. The molecule has 1 aliphatic heterocycles. The first-order valence-corrected chi connectivity index (χ1v) is 9.32. The van der Waals surface area contributed by atoms with Crippen molar-refractivity contribution in [3.05, 3.63) is 40.3 Å². The minimum atomic E-state index is 0.0265. The lowest BCUT2D eigenvalue weighted by atomic mass is 9.90. The zero-order valence-corrected chi connectivity index (χ0v) is 14.0. The summed E-state index contributed by atoms with van der Waals surface area (Å²) >= 11 is 1.55. The fraction of sp³-hybridized carbons (Fsp3) is 0.529. The third kappa shape index (κ3) is 3.05. The van der Waals surface area contributed by atoms with Gasteiger partial charge in [-0.1, -0.05) is 6.42 Å². The summed E-state index contributed by atoms with van der Waals surface area (Å²) in [5.74, 6) is 0.0265. The summed E-state index contributed by atoms with van der Waals surface area (Å²) in [5.41, 5.74) is 2.06. The van der Waals surface area contributed by atoms with Gasteiger partial charge < -0.3 is 5.32 Å². The molecule has 6 heteroatoms. The zero-order chi connectivity index (χ0) is 15.6. The molecule has 1 amide bonds. The fourth-order valence-electron chi connectivity index (χ4n) is 3.51. The van der Waals surface area contributed by atoms with Crippen LogP contribution in [0.2, 0.25) is 0 Å². The van der Waals surface area contributed by atoms with E-state index in [4.69, 9.17) is 0 Å². The number of fused-ring (bicyclic) bond motifs is 1. The summed E-state index contributed by atoms with van der Waals surface area (Å²) in [6.07, 6.45) is 6.84. The van der Waals surface area contributed by atoms with Crippen molar-refractivity contribution in [2.75, 3.05) is 13.1 Å². The van der Waals surface area contributed by atoms with E-state index in [1.807, 2.05) is 23.0 Å². The quantitative estimate of drug-likeness (QED) is 0.917. The Labute approximate surface area is 140 Å². The first-order chi connectivity index (χ1) is 11.3. The highest BCUT2D eigenvalue weighted by Crippen LogP contribution is 2.31. The van der Waals surface area contributed by atoms with E-state index >= 15 is 0 Å². The largest absolute Gasteiger partial charge is 0.352 e. The van der Waals surface area contributed by atoms with E-state index in [0.29, 0.717) is 12.6 Å². The summed E-state index contributed by atoms with van der Waals surface area (Å²) in [5, 5.41) is 11.4. The molecule has 0 bridgehead atoms. The molecule has 3 heterocycles. The minimum absolute atomic E-state index is 0.0265. The molecular weight excluding hydrogens is 308 g/mol. The summed E-state index contributed by atoms with van der Waals surface area (Å²) in [7, 11) is 0. The molecule has 2 aromatic rings. The average Bonchev–Trinajstić information content (AvgIpc) is 3.16. The van der Waals surface area contributed by atoms with Gasteiger partial charge in [0.2, 0.25) is 0 Å². The van der Waals surface area contributed by atoms with Crippen molar-refractivity contribution in [3.8, 4) is 0 Å². The molecule has 1 aliphatic carbocycles. The lowest BCUT2D eigenvalue weighted by Gasteiger charge is -2.42. The third-order valence-corrected chi connectivity index (χ3v) is 5.73. The maximum Gasteiger partial charge on any atom is 0.252 e. The predicted octanol–water partition coefficient (Wildman–Crippen LogP) is 2.67. The van der Waals surface area contributed by atoms with E-state index in [1.165, 1.54) is 25.0 Å². The van der Waals surface area contributed by atoms with E-state index in [2.05, 4.69) is 26.1 Å². The molecule has 1 fully saturated rings. The van der Waals surface area contributed by atoms with Gasteiger partial charge in [-0.15, -0.1) is 0 Å². The fourth-order valence-corrected chi connectivity index (χ4v) is 4.14. The lowest BCUT2D eigenvalue weighted by molar-refractivity contribution is 0.0723. The van der Waals surface area contributed by atoms with Crippen LogP contribution in [0.1, 0.15) is 47.8 Å². The van der Waals surface area contributed by atoms with Crippen molar-refractivity contribution >= 4 is 17.2 Å². The Bertz CT molecular complexity index is 662. The third-order valence-electron chi connectivity index (χ3n) is 5.05. The number of nitrogens with one attached hydrogen (secondary N) is 1. The number of thiophene rings is 1. The van der Waals surface area contributed by atoms with Gasteiger partial charge in [0.1, 0.15) is 0 Å². The molecular formula is C17H22N4OS. The molecule has 1 atom stereocenters. The standard InChI is InChI=1S/C17H22N4OS/c22-17(13-6-9-23-12-13)18-7-4-15-10-20(14-2-1-3-14)11-16-5-8-19-21(15)16/h5-6,8-9,12,14-15H,1-4,7,10-11H2,(H,18,22). The Balaban J connectivity index is 1.37. The Morgan fingerprint density at radius 2 is 2.30 bits per heavy atom. The van der Waals surface area contributed by atoms with Gasteiger partial charge in [-0.05, 0) is 36.8 Å². The number of carbonyl (C=O) groups excluding carboxylic acids is 1. The highest BCUT2D eigenvalue weighted by Gasteiger charge is 2.32.